The third-order valence-electron chi connectivity index (χ3n) is 3.32. The van der Waals surface area contributed by atoms with Crippen molar-refractivity contribution >= 4 is 45.6 Å². The summed E-state index contributed by atoms with van der Waals surface area (Å²) in [5.74, 6) is 0.380. The van der Waals surface area contributed by atoms with Gasteiger partial charge in [0.15, 0.2) is 5.76 Å². The predicted molar refractivity (Wildman–Crippen MR) is 99.7 cm³/mol. The van der Waals surface area contributed by atoms with Gasteiger partial charge in [-0.05, 0) is 54.6 Å². The van der Waals surface area contributed by atoms with E-state index < -0.39 is 16.7 Å². The van der Waals surface area contributed by atoms with E-state index in [9.17, 15) is 9.00 Å². The molecule has 0 radical (unpaired) electrons. The summed E-state index contributed by atoms with van der Waals surface area (Å²) in [5.41, 5.74) is 0.570. The fraction of sp³-hybridized carbons (Fsp3) is 0.0556. The van der Waals surface area contributed by atoms with Gasteiger partial charge < -0.3 is 9.73 Å². The van der Waals surface area contributed by atoms with Gasteiger partial charge in [0.25, 0.3) is 5.91 Å². The van der Waals surface area contributed by atoms with Crippen LogP contribution in [0.15, 0.2) is 70.0 Å². The van der Waals surface area contributed by atoms with Crippen LogP contribution in [-0.2, 0) is 16.6 Å². The summed E-state index contributed by atoms with van der Waals surface area (Å²) in [6.07, 6.45) is 0. The van der Waals surface area contributed by atoms with Gasteiger partial charge in [-0.2, -0.15) is 0 Å². The first-order valence-corrected chi connectivity index (χ1v) is 9.38. The minimum absolute atomic E-state index is 0.142. The normalized spacial score (nSPS) is 11.9. The molecular weight excluding hydrogens is 381 g/mol. The Labute approximate surface area is 157 Å². The molecule has 0 bridgehead atoms. The van der Waals surface area contributed by atoms with Crippen LogP contribution in [0.3, 0.4) is 0 Å². The summed E-state index contributed by atoms with van der Waals surface area (Å²) in [6, 6.07) is 16.8. The van der Waals surface area contributed by atoms with E-state index >= 15 is 0 Å². The molecule has 1 unspecified atom stereocenters. The van der Waals surface area contributed by atoms with E-state index in [4.69, 9.17) is 27.6 Å². The third-order valence-corrected chi connectivity index (χ3v) is 5.15. The lowest BCUT2D eigenvalue weighted by Crippen LogP contribution is -2.10. The van der Waals surface area contributed by atoms with Gasteiger partial charge in [-0.25, -0.2) is 0 Å². The number of hydrogen-bond donors (Lipinski definition) is 1. The van der Waals surface area contributed by atoms with Crippen molar-refractivity contribution in [1.29, 1.82) is 0 Å². The Morgan fingerprint density at radius 2 is 1.76 bits per heavy atom. The van der Waals surface area contributed by atoms with E-state index in [1.165, 1.54) is 0 Å². The number of benzene rings is 2. The summed E-state index contributed by atoms with van der Waals surface area (Å²) in [4.78, 5) is 12.8. The molecule has 4 nitrogen and oxygen atoms in total. The SMILES string of the molecule is O=C(Nc1cccc(Cl)c1)c1ccc(CS(=O)c2ccc(Cl)cc2)o1. The maximum Gasteiger partial charge on any atom is 0.291 e. The Morgan fingerprint density at radius 3 is 2.48 bits per heavy atom. The number of nitrogens with one attached hydrogen (secondary N) is 1. The number of halogens is 2. The molecule has 1 N–H and O–H groups in total. The fourth-order valence-electron chi connectivity index (χ4n) is 2.14. The number of hydrogen-bond acceptors (Lipinski definition) is 3. The Hall–Kier alpha value is -2.08. The Morgan fingerprint density at radius 1 is 1.00 bits per heavy atom. The second kappa shape index (κ2) is 7.87. The van der Waals surface area contributed by atoms with Crippen LogP contribution in [-0.4, -0.2) is 10.1 Å². The highest BCUT2D eigenvalue weighted by Gasteiger charge is 2.14. The van der Waals surface area contributed by atoms with E-state index in [1.54, 1.807) is 60.7 Å². The summed E-state index contributed by atoms with van der Waals surface area (Å²) < 4.78 is 17.8. The van der Waals surface area contributed by atoms with Gasteiger partial charge in [-0.15, -0.1) is 0 Å². The number of carbonyl (C=O) groups is 1. The van der Waals surface area contributed by atoms with Crippen LogP contribution in [0.1, 0.15) is 16.3 Å². The van der Waals surface area contributed by atoms with Gasteiger partial charge >= 0.3 is 0 Å². The Bertz CT molecular complexity index is 922. The molecule has 128 valence electrons. The highest BCUT2D eigenvalue weighted by molar-refractivity contribution is 7.84. The monoisotopic (exact) mass is 393 g/mol. The summed E-state index contributed by atoms with van der Waals surface area (Å²) in [7, 11) is -1.29. The molecule has 0 aliphatic heterocycles. The maximum atomic E-state index is 12.3. The zero-order valence-corrected chi connectivity index (χ0v) is 15.2. The topological polar surface area (TPSA) is 59.3 Å². The van der Waals surface area contributed by atoms with E-state index in [0.29, 0.717) is 26.4 Å². The first-order chi connectivity index (χ1) is 12.0. The van der Waals surface area contributed by atoms with Gasteiger partial charge in [-0.3, -0.25) is 9.00 Å². The molecule has 0 aliphatic rings. The minimum atomic E-state index is -1.29. The number of amides is 1. The number of rotatable bonds is 5. The van der Waals surface area contributed by atoms with Crippen molar-refractivity contribution in [2.24, 2.45) is 0 Å². The summed E-state index contributed by atoms with van der Waals surface area (Å²) >= 11 is 11.7. The van der Waals surface area contributed by atoms with Crippen molar-refractivity contribution in [2.75, 3.05) is 5.32 Å². The van der Waals surface area contributed by atoms with Crippen molar-refractivity contribution in [3.8, 4) is 0 Å². The highest BCUT2D eigenvalue weighted by atomic mass is 35.5. The highest BCUT2D eigenvalue weighted by Crippen LogP contribution is 2.19. The quantitative estimate of drug-likeness (QED) is 0.651. The van der Waals surface area contributed by atoms with E-state index in [2.05, 4.69) is 5.32 Å². The zero-order chi connectivity index (χ0) is 17.8. The summed E-state index contributed by atoms with van der Waals surface area (Å²) in [6.45, 7) is 0. The molecule has 0 aliphatic carbocycles. The molecule has 1 heterocycles. The van der Waals surface area contributed by atoms with Crippen LogP contribution in [0.5, 0.6) is 0 Å². The van der Waals surface area contributed by atoms with Crippen LogP contribution in [0.4, 0.5) is 5.69 Å². The van der Waals surface area contributed by atoms with E-state index in [0.717, 1.165) is 0 Å². The lowest BCUT2D eigenvalue weighted by atomic mass is 10.3. The van der Waals surface area contributed by atoms with Crippen molar-refractivity contribution < 1.29 is 13.4 Å². The zero-order valence-electron chi connectivity index (χ0n) is 12.9. The Kier molecular flexibility index (Phi) is 5.58. The van der Waals surface area contributed by atoms with Crippen LogP contribution in [0.2, 0.25) is 10.0 Å². The molecule has 2 aromatic carbocycles. The molecule has 1 atom stereocenters. The molecule has 1 amide bonds. The van der Waals surface area contributed by atoms with Crippen LogP contribution in [0.25, 0.3) is 0 Å². The molecule has 1 aromatic heterocycles. The average Bonchev–Trinajstić information content (AvgIpc) is 3.04. The van der Waals surface area contributed by atoms with Crippen molar-refractivity contribution in [1.82, 2.24) is 0 Å². The van der Waals surface area contributed by atoms with E-state index in [1.807, 2.05) is 0 Å². The molecule has 3 rings (SSSR count). The molecule has 0 spiro atoms. The fourth-order valence-corrected chi connectivity index (χ4v) is 3.47. The van der Waals surface area contributed by atoms with Crippen LogP contribution in [0, 0.1) is 0 Å². The second-order valence-electron chi connectivity index (χ2n) is 5.17. The molecular formula is C18H13Cl2NO3S. The smallest absolute Gasteiger partial charge is 0.291 e. The van der Waals surface area contributed by atoms with Gasteiger partial charge in [0.1, 0.15) is 5.76 Å². The van der Waals surface area contributed by atoms with Gasteiger partial charge in [0, 0.05) is 20.6 Å². The van der Waals surface area contributed by atoms with Crippen LogP contribution < -0.4 is 5.32 Å². The maximum absolute atomic E-state index is 12.3. The first kappa shape index (κ1) is 17.7. The molecule has 0 saturated heterocycles. The third kappa shape index (κ3) is 4.72. The van der Waals surface area contributed by atoms with E-state index in [-0.39, 0.29) is 11.5 Å². The molecule has 25 heavy (non-hydrogen) atoms. The number of anilines is 1. The van der Waals surface area contributed by atoms with Gasteiger partial charge in [0.2, 0.25) is 0 Å². The standard InChI is InChI=1S/C18H13Cl2NO3S/c19-12-4-7-16(8-5-12)25(23)11-15-6-9-17(24-15)18(22)21-14-3-1-2-13(20)10-14/h1-10H,11H2,(H,21,22). The predicted octanol–water partition coefficient (Wildman–Crippen LogP) is 5.15. The molecule has 0 saturated carbocycles. The minimum Gasteiger partial charge on any atom is -0.455 e. The summed E-state index contributed by atoms with van der Waals surface area (Å²) in [5, 5.41) is 3.80. The molecule has 0 fully saturated rings. The number of furan rings is 1. The van der Waals surface area contributed by atoms with Crippen molar-refractivity contribution in [2.45, 2.75) is 10.6 Å². The number of carbonyl (C=O) groups excluding carboxylic acids is 1. The second-order valence-corrected chi connectivity index (χ2v) is 7.50. The van der Waals surface area contributed by atoms with Gasteiger partial charge in [0.05, 0.1) is 16.6 Å². The molecule has 3 aromatic rings. The Balaban J connectivity index is 1.66. The van der Waals surface area contributed by atoms with Crippen molar-refractivity contribution in [3.05, 3.63) is 82.2 Å². The lowest BCUT2D eigenvalue weighted by molar-refractivity contribution is 0.0995. The first-order valence-electron chi connectivity index (χ1n) is 7.31. The average molecular weight is 394 g/mol. The van der Waals surface area contributed by atoms with Gasteiger partial charge in [-0.1, -0.05) is 29.3 Å². The lowest BCUT2D eigenvalue weighted by Gasteiger charge is -2.03. The van der Waals surface area contributed by atoms with Crippen molar-refractivity contribution in [3.63, 3.8) is 0 Å². The largest absolute Gasteiger partial charge is 0.455 e. The molecule has 7 heteroatoms. The van der Waals surface area contributed by atoms with Crippen LogP contribution >= 0.6 is 23.2 Å².